The standard InChI is InChI=1S/C22H23ClN4O3S2/c1-2-24-20(28)10-13-3-4-17-14(9-13)7-8-27(17)22-15-11-32(29,30)12-16(15)25-21(26-22)18-5-6-19(23)31-18/h3-6,9,29-30H,2,7-8,10-12H2,1H3,(H,24,28). The molecular weight excluding hydrogens is 468 g/mol. The van der Waals surface area contributed by atoms with Gasteiger partial charge in [-0.2, -0.15) is 10.6 Å². The van der Waals surface area contributed by atoms with Crippen LogP contribution in [0.2, 0.25) is 4.34 Å². The Morgan fingerprint density at radius 1 is 1.25 bits per heavy atom. The molecule has 5 rings (SSSR count). The Balaban J connectivity index is 1.53. The van der Waals surface area contributed by atoms with Crippen LogP contribution in [0.4, 0.5) is 11.5 Å². The fourth-order valence-corrected chi connectivity index (χ4v) is 6.80. The number of thiophene rings is 1. The van der Waals surface area contributed by atoms with Gasteiger partial charge in [-0.15, -0.1) is 11.3 Å². The van der Waals surface area contributed by atoms with Gasteiger partial charge in [0.25, 0.3) is 0 Å². The number of amides is 1. The van der Waals surface area contributed by atoms with E-state index in [1.54, 1.807) is 0 Å². The summed E-state index contributed by atoms with van der Waals surface area (Å²) in [7, 11) is -2.75. The summed E-state index contributed by atoms with van der Waals surface area (Å²) >= 11 is 7.53. The number of anilines is 2. The van der Waals surface area contributed by atoms with Gasteiger partial charge < -0.3 is 10.2 Å². The molecule has 10 heteroatoms. The molecule has 0 unspecified atom stereocenters. The molecule has 0 fully saturated rings. The first-order valence-electron chi connectivity index (χ1n) is 10.4. The van der Waals surface area contributed by atoms with E-state index in [9.17, 15) is 13.9 Å². The van der Waals surface area contributed by atoms with E-state index < -0.39 is 10.6 Å². The molecule has 2 aliphatic rings. The van der Waals surface area contributed by atoms with Crippen molar-refractivity contribution in [3.8, 4) is 10.7 Å². The van der Waals surface area contributed by atoms with E-state index in [1.807, 2.05) is 31.2 Å². The molecular formula is C22H23ClN4O3S2. The van der Waals surface area contributed by atoms with Crippen molar-refractivity contribution in [1.82, 2.24) is 15.3 Å². The van der Waals surface area contributed by atoms with Gasteiger partial charge in [-0.25, -0.2) is 9.97 Å². The van der Waals surface area contributed by atoms with E-state index in [2.05, 4.69) is 21.3 Å². The summed E-state index contributed by atoms with van der Waals surface area (Å²) in [6, 6.07) is 9.78. The lowest BCUT2D eigenvalue weighted by Gasteiger charge is -2.25. The number of carbonyl (C=O) groups is 1. The van der Waals surface area contributed by atoms with Crippen molar-refractivity contribution >= 4 is 50.9 Å². The number of aromatic nitrogens is 2. The smallest absolute Gasteiger partial charge is 0.224 e. The van der Waals surface area contributed by atoms with Gasteiger partial charge >= 0.3 is 0 Å². The number of benzene rings is 1. The van der Waals surface area contributed by atoms with Gasteiger partial charge in [0.1, 0.15) is 5.82 Å². The third-order valence-electron chi connectivity index (χ3n) is 5.64. The molecule has 3 N–H and O–H groups in total. The lowest BCUT2D eigenvalue weighted by Crippen LogP contribution is -2.24. The zero-order valence-electron chi connectivity index (χ0n) is 17.5. The van der Waals surface area contributed by atoms with Crippen molar-refractivity contribution in [1.29, 1.82) is 0 Å². The van der Waals surface area contributed by atoms with E-state index in [0.29, 0.717) is 28.8 Å². The number of rotatable bonds is 5. The summed E-state index contributed by atoms with van der Waals surface area (Å²) in [5.41, 5.74) is 4.66. The summed E-state index contributed by atoms with van der Waals surface area (Å²) in [5.74, 6) is 1.61. The third-order valence-corrected chi connectivity index (χ3v) is 8.36. The molecule has 2 aliphatic heterocycles. The summed E-state index contributed by atoms with van der Waals surface area (Å²) in [5, 5.41) is 2.84. The van der Waals surface area contributed by atoms with E-state index in [4.69, 9.17) is 16.6 Å². The second-order valence-corrected chi connectivity index (χ2v) is 11.9. The fraction of sp³-hybridized carbons (Fsp3) is 0.318. The lowest BCUT2D eigenvalue weighted by molar-refractivity contribution is -0.120. The van der Waals surface area contributed by atoms with Crippen LogP contribution in [0.3, 0.4) is 0 Å². The van der Waals surface area contributed by atoms with Crippen molar-refractivity contribution < 1.29 is 13.9 Å². The maximum atomic E-state index is 12.0. The number of hydrogen-bond acceptors (Lipinski definition) is 7. The first kappa shape index (κ1) is 21.7. The van der Waals surface area contributed by atoms with Crippen LogP contribution in [0.15, 0.2) is 30.3 Å². The van der Waals surface area contributed by atoms with Crippen LogP contribution < -0.4 is 10.2 Å². The first-order valence-corrected chi connectivity index (χ1v) is 13.5. The van der Waals surface area contributed by atoms with Crippen LogP contribution >= 0.6 is 33.5 Å². The molecule has 1 amide bonds. The van der Waals surface area contributed by atoms with Crippen LogP contribution in [0, 0.1) is 0 Å². The fourth-order valence-electron chi connectivity index (χ4n) is 4.28. The number of fused-ring (bicyclic) bond motifs is 2. The second kappa shape index (κ2) is 8.31. The van der Waals surface area contributed by atoms with Crippen molar-refractivity contribution in [2.75, 3.05) is 18.0 Å². The van der Waals surface area contributed by atoms with Crippen molar-refractivity contribution in [2.45, 2.75) is 31.3 Å². The minimum absolute atomic E-state index is 0.0142. The molecule has 168 valence electrons. The van der Waals surface area contributed by atoms with Gasteiger partial charge in [-0.05, 0) is 42.7 Å². The quantitative estimate of drug-likeness (QED) is 0.465. The predicted molar refractivity (Wildman–Crippen MR) is 130 cm³/mol. The van der Waals surface area contributed by atoms with Crippen molar-refractivity contribution in [3.63, 3.8) is 0 Å². The number of hydrogen-bond donors (Lipinski definition) is 3. The summed E-state index contributed by atoms with van der Waals surface area (Å²) in [6.45, 7) is 3.26. The molecule has 1 aromatic carbocycles. The Labute approximate surface area is 196 Å². The van der Waals surface area contributed by atoms with Crippen molar-refractivity contribution in [3.05, 3.63) is 57.1 Å². The molecule has 0 saturated carbocycles. The van der Waals surface area contributed by atoms with E-state index >= 15 is 0 Å². The molecule has 4 heterocycles. The highest BCUT2D eigenvalue weighted by atomic mass is 35.5. The van der Waals surface area contributed by atoms with Crippen LogP contribution in [0.5, 0.6) is 0 Å². The molecule has 7 nitrogen and oxygen atoms in total. The molecule has 0 aliphatic carbocycles. The largest absolute Gasteiger partial charge is 0.356 e. The highest BCUT2D eigenvalue weighted by molar-refractivity contribution is 8.23. The molecule has 0 atom stereocenters. The minimum atomic E-state index is -2.75. The van der Waals surface area contributed by atoms with Gasteiger partial charge in [0.2, 0.25) is 5.91 Å². The maximum Gasteiger partial charge on any atom is 0.224 e. The number of likely N-dealkylation sites (N-methyl/N-ethyl adjacent to an activating group) is 1. The Morgan fingerprint density at radius 2 is 2.09 bits per heavy atom. The molecule has 2 aromatic heterocycles. The third kappa shape index (κ3) is 4.11. The Bertz CT molecular complexity index is 1210. The highest BCUT2D eigenvalue weighted by Crippen LogP contribution is 2.55. The minimum Gasteiger partial charge on any atom is -0.356 e. The first-order chi connectivity index (χ1) is 15.3. The zero-order chi connectivity index (χ0) is 22.5. The van der Waals surface area contributed by atoms with Gasteiger partial charge in [0.05, 0.1) is 32.8 Å². The van der Waals surface area contributed by atoms with Crippen LogP contribution in [0.1, 0.15) is 29.3 Å². The van der Waals surface area contributed by atoms with E-state index in [1.165, 1.54) is 11.3 Å². The van der Waals surface area contributed by atoms with E-state index in [-0.39, 0.29) is 17.4 Å². The summed E-state index contributed by atoms with van der Waals surface area (Å²) in [4.78, 5) is 24.5. The second-order valence-electron chi connectivity index (χ2n) is 7.99. The lowest BCUT2D eigenvalue weighted by atomic mass is 10.1. The molecule has 32 heavy (non-hydrogen) atoms. The average molecular weight is 491 g/mol. The Hall–Kier alpha value is -2.17. The predicted octanol–water partition coefficient (Wildman–Crippen LogP) is 5.00. The Morgan fingerprint density at radius 3 is 2.84 bits per heavy atom. The number of carbonyl (C=O) groups excluding carboxylic acids is 1. The van der Waals surface area contributed by atoms with Crippen molar-refractivity contribution in [2.24, 2.45) is 0 Å². The normalized spacial score (nSPS) is 17.2. The Kier molecular flexibility index (Phi) is 5.63. The zero-order valence-corrected chi connectivity index (χ0v) is 19.9. The van der Waals surface area contributed by atoms with Gasteiger partial charge in [-0.1, -0.05) is 23.7 Å². The topological polar surface area (TPSA) is 98.6 Å². The summed E-state index contributed by atoms with van der Waals surface area (Å²) in [6.07, 6.45) is 1.18. The van der Waals surface area contributed by atoms with Gasteiger partial charge in [0.15, 0.2) is 5.82 Å². The van der Waals surface area contributed by atoms with E-state index in [0.717, 1.165) is 46.0 Å². The molecule has 0 bridgehead atoms. The molecule has 0 saturated heterocycles. The molecule has 0 spiro atoms. The molecule has 3 aromatic rings. The van der Waals surface area contributed by atoms with Crippen LogP contribution in [-0.4, -0.2) is 38.1 Å². The number of halogens is 1. The maximum absolute atomic E-state index is 12.0. The SMILES string of the molecule is CCNC(=O)Cc1ccc2c(c1)CCN2c1nc(-c2ccc(Cl)s2)nc2c1CS(O)(O)C2. The monoisotopic (exact) mass is 490 g/mol. The highest BCUT2D eigenvalue weighted by Gasteiger charge is 2.34. The number of nitrogens with zero attached hydrogens (tertiary/aromatic N) is 3. The summed E-state index contributed by atoms with van der Waals surface area (Å²) < 4.78 is 21.5. The average Bonchev–Trinajstić information content (AvgIpc) is 3.42. The van der Waals surface area contributed by atoms with Crippen LogP contribution in [-0.2, 0) is 29.1 Å². The van der Waals surface area contributed by atoms with Gasteiger partial charge in [-0.3, -0.25) is 13.9 Å². The van der Waals surface area contributed by atoms with Crippen LogP contribution in [0.25, 0.3) is 10.7 Å². The molecule has 0 radical (unpaired) electrons. The number of nitrogens with one attached hydrogen (secondary N) is 1. The van der Waals surface area contributed by atoms with Gasteiger partial charge in [0, 0.05) is 24.3 Å².